The molecule has 2 aliphatic heterocycles. The van der Waals surface area contributed by atoms with E-state index in [1.807, 2.05) is 31.1 Å². The highest BCUT2D eigenvalue weighted by Crippen LogP contribution is 2.72. The lowest BCUT2D eigenvalue weighted by Crippen LogP contribution is -2.72. The van der Waals surface area contributed by atoms with E-state index >= 15 is 4.39 Å². The van der Waals surface area contributed by atoms with Crippen molar-refractivity contribution < 1.29 is 19.3 Å². The van der Waals surface area contributed by atoms with Crippen LogP contribution in [0.5, 0.6) is 0 Å². The van der Waals surface area contributed by atoms with E-state index in [0.717, 1.165) is 35.6 Å². The molecule has 2 aromatic rings. The number of nitrogen functional groups attached to an aromatic ring is 1. The van der Waals surface area contributed by atoms with Crippen LogP contribution in [0, 0.1) is 17.3 Å². The second-order valence-electron chi connectivity index (χ2n) is 13.0. The van der Waals surface area contributed by atoms with Crippen molar-refractivity contribution in [1.29, 1.82) is 0 Å². The minimum Gasteiger partial charge on any atom is -0.390 e. The van der Waals surface area contributed by atoms with Gasteiger partial charge in [-0.1, -0.05) is 25.1 Å². The fraction of sp³-hybridized carbons (Fsp3) is 0.633. The lowest BCUT2D eigenvalue weighted by Gasteiger charge is -2.64. The van der Waals surface area contributed by atoms with Gasteiger partial charge in [0.2, 0.25) is 0 Å². The van der Waals surface area contributed by atoms with Crippen LogP contribution in [0.25, 0.3) is 16.3 Å². The Bertz CT molecular complexity index is 1320. The molecular formula is C30H38FN3O3. The van der Waals surface area contributed by atoms with E-state index < -0.39 is 29.1 Å². The van der Waals surface area contributed by atoms with Crippen molar-refractivity contribution in [3.05, 3.63) is 42.1 Å². The minimum atomic E-state index is -1.50. The molecule has 0 radical (unpaired) electrons. The van der Waals surface area contributed by atoms with E-state index in [2.05, 4.69) is 30.1 Å². The Labute approximate surface area is 217 Å². The number of fused-ring (bicyclic) bond motifs is 2. The number of aliphatic hydroxyl groups excluding tert-OH is 2. The highest BCUT2D eigenvalue weighted by atomic mass is 19.1. The van der Waals surface area contributed by atoms with Gasteiger partial charge in [0.1, 0.15) is 17.1 Å². The van der Waals surface area contributed by atoms with Crippen LogP contribution in [-0.2, 0) is 4.74 Å². The molecule has 2 spiro atoms. The lowest BCUT2D eigenvalue weighted by molar-refractivity contribution is -0.314. The molecule has 9 atom stereocenters. The van der Waals surface area contributed by atoms with Crippen molar-refractivity contribution in [2.24, 2.45) is 17.3 Å². The largest absolute Gasteiger partial charge is 0.390 e. The average molecular weight is 508 g/mol. The summed E-state index contributed by atoms with van der Waals surface area (Å²) in [6.07, 6.45) is 6.44. The van der Waals surface area contributed by atoms with Crippen LogP contribution in [0.1, 0.15) is 57.4 Å². The van der Waals surface area contributed by atoms with Gasteiger partial charge in [-0.05, 0) is 93.1 Å². The molecule has 37 heavy (non-hydrogen) atoms. The average Bonchev–Trinajstić information content (AvgIpc) is 3.40. The first-order chi connectivity index (χ1) is 17.5. The molecule has 1 aromatic heterocycles. The molecule has 1 aromatic carbocycles. The summed E-state index contributed by atoms with van der Waals surface area (Å²) in [5, 5.41) is 24.1. The number of aromatic nitrogens is 1. The number of benzene rings is 1. The fourth-order valence-corrected chi connectivity index (χ4v) is 9.38. The molecule has 2 saturated heterocycles. The Morgan fingerprint density at radius 1 is 1.08 bits per heavy atom. The maximum Gasteiger partial charge on any atom is 0.140 e. The quantitative estimate of drug-likeness (QED) is 0.567. The van der Waals surface area contributed by atoms with Gasteiger partial charge in [-0.3, -0.25) is 0 Å². The molecule has 4 fully saturated rings. The molecule has 198 valence electrons. The number of ether oxygens (including phenoxy) is 1. The third-order valence-electron chi connectivity index (χ3n) is 11.3. The first kappa shape index (κ1) is 24.0. The number of nitrogens with two attached hydrogens (primary N) is 1. The number of anilines is 1. The topological polar surface area (TPSA) is 91.8 Å². The van der Waals surface area contributed by atoms with Gasteiger partial charge in [-0.25, -0.2) is 9.37 Å². The van der Waals surface area contributed by atoms with Gasteiger partial charge < -0.3 is 25.6 Å². The Kier molecular flexibility index (Phi) is 4.89. The number of halogens is 1. The number of likely N-dealkylation sites (N-methyl/N-ethyl adjacent to an activating group) is 1. The molecular weight excluding hydrogens is 469 g/mol. The van der Waals surface area contributed by atoms with Crippen molar-refractivity contribution in [2.45, 2.75) is 87.0 Å². The van der Waals surface area contributed by atoms with Gasteiger partial charge in [-0.15, -0.1) is 0 Å². The standard InChI is InChI=1S/C30H38FN3O3/c1-27-9-11-29(31)15-21-24(35)25(36)22(34(2)3)16-28(21)10-12-30(29,37-28)23(27)7-6-20(27)18-4-5-19-17(14-18)8-13-33-26(19)32/h4-6,8,13-14,21-25,35-36H,7,9-12,15-16H2,1-3H3,(H2,32,33). The highest BCUT2D eigenvalue weighted by molar-refractivity contribution is 5.93. The molecule has 5 aliphatic rings. The molecule has 2 bridgehead atoms. The van der Waals surface area contributed by atoms with Gasteiger partial charge in [-0.2, -0.15) is 0 Å². The Hall–Kier alpha value is -2.06. The minimum absolute atomic E-state index is 0.0362. The van der Waals surface area contributed by atoms with Crippen molar-refractivity contribution in [2.75, 3.05) is 19.8 Å². The molecule has 2 saturated carbocycles. The van der Waals surface area contributed by atoms with Crippen molar-refractivity contribution in [1.82, 2.24) is 9.88 Å². The van der Waals surface area contributed by atoms with E-state index in [9.17, 15) is 10.2 Å². The van der Waals surface area contributed by atoms with Crippen LogP contribution in [0.15, 0.2) is 36.5 Å². The maximum atomic E-state index is 17.2. The number of hydrogen-bond acceptors (Lipinski definition) is 6. The zero-order chi connectivity index (χ0) is 26.0. The predicted octanol–water partition coefficient (Wildman–Crippen LogP) is 4.09. The molecule has 6 nitrogen and oxygen atoms in total. The first-order valence-electron chi connectivity index (χ1n) is 13.8. The highest BCUT2D eigenvalue weighted by Gasteiger charge is 2.77. The molecule has 3 aliphatic carbocycles. The summed E-state index contributed by atoms with van der Waals surface area (Å²) in [6.45, 7) is 2.30. The van der Waals surface area contributed by atoms with Gasteiger partial charge in [0, 0.05) is 29.5 Å². The Morgan fingerprint density at radius 3 is 2.68 bits per heavy atom. The molecule has 0 amide bonds. The normalized spacial score (nSPS) is 46.5. The number of rotatable bonds is 2. The van der Waals surface area contributed by atoms with E-state index in [1.54, 1.807) is 6.20 Å². The monoisotopic (exact) mass is 507 g/mol. The smallest absolute Gasteiger partial charge is 0.140 e. The summed E-state index contributed by atoms with van der Waals surface area (Å²) < 4.78 is 24.3. The van der Waals surface area contributed by atoms with Gasteiger partial charge in [0.05, 0.1) is 17.8 Å². The van der Waals surface area contributed by atoms with Gasteiger partial charge in [0.15, 0.2) is 0 Å². The molecule has 3 heterocycles. The number of pyridine rings is 1. The SMILES string of the molecule is CN(C)C1CC23CCC4(O2)C2CC=C(c5ccc6c(N)nccc6c5)C2(C)CCC4(F)CC3C(O)C1O. The second-order valence-corrected chi connectivity index (χ2v) is 13.0. The third-order valence-corrected chi connectivity index (χ3v) is 11.3. The van der Waals surface area contributed by atoms with Crippen LogP contribution in [0.2, 0.25) is 0 Å². The van der Waals surface area contributed by atoms with Crippen molar-refractivity contribution >= 4 is 22.2 Å². The summed E-state index contributed by atoms with van der Waals surface area (Å²) >= 11 is 0. The Balaban J connectivity index is 1.27. The van der Waals surface area contributed by atoms with Crippen molar-refractivity contribution in [3.8, 4) is 0 Å². The number of nitrogens with zero attached hydrogens (tertiary/aromatic N) is 2. The summed E-state index contributed by atoms with van der Waals surface area (Å²) in [5.74, 6) is 0.190. The van der Waals surface area contributed by atoms with Crippen LogP contribution in [0.4, 0.5) is 10.2 Å². The molecule has 7 rings (SSSR count). The number of allylic oxidation sites excluding steroid dienone is 2. The Morgan fingerprint density at radius 2 is 1.89 bits per heavy atom. The van der Waals surface area contributed by atoms with Gasteiger partial charge >= 0.3 is 0 Å². The number of aliphatic hydroxyl groups is 2. The van der Waals surface area contributed by atoms with E-state index in [1.165, 1.54) is 5.57 Å². The maximum absolute atomic E-state index is 17.2. The number of hydrogen-bond donors (Lipinski definition) is 3. The lowest BCUT2D eigenvalue weighted by atomic mass is 9.51. The van der Waals surface area contributed by atoms with Crippen LogP contribution in [-0.4, -0.2) is 69.3 Å². The summed E-state index contributed by atoms with van der Waals surface area (Å²) in [4.78, 5) is 6.20. The summed E-state index contributed by atoms with van der Waals surface area (Å²) in [5.41, 5.74) is 5.39. The van der Waals surface area contributed by atoms with E-state index in [4.69, 9.17) is 10.5 Å². The third kappa shape index (κ3) is 2.92. The zero-order valence-corrected chi connectivity index (χ0v) is 22.0. The predicted molar refractivity (Wildman–Crippen MR) is 141 cm³/mol. The summed E-state index contributed by atoms with van der Waals surface area (Å²) in [7, 11) is 3.87. The van der Waals surface area contributed by atoms with Crippen molar-refractivity contribution in [3.63, 3.8) is 0 Å². The van der Waals surface area contributed by atoms with Crippen LogP contribution < -0.4 is 5.73 Å². The summed E-state index contributed by atoms with van der Waals surface area (Å²) in [6, 6.07) is 8.15. The molecule has 4 N–H and O–H groups in total. The van der Waals surface area contributed by atoms with Gasteiger partial charge in [0.25, 0.3) is 0 Å². The second kappa shape index (κ2) is 7.53. The fourth-order valence-electron chi connectivity index (χ4n) is 9.38. The zero-order valence-electron chi connectivity index (χ0n) is 22.0. The van der Waals surface area contributed by atoms with E-state index in [-0.39, 0.29) is 29.7 Å². The van der Waals surface area contributed by atoms with Crippen LogP contribution >= 0.6 is 0 Å². The van der Waals surface area contributed by atoms with Crippen LogP contribution in [0.3, 0.4) is 0 Å². The number of alkyl halides is 1. The molecule has 7 heteroatoms. The van der Waals surface area contributed by atoms with E-state index in [0.29, 0.717) is 25.1 Å². The molecule has 9 unspecified atom stereocenters. The first-order valence-corrected chi connectivity index (χ1v) is 13.8.